The smallest absolute Gasteiger partial charge is 0.397 e. The van der Waals surface area contributed by atoms with E-state index in [4.69, 9.17) is 79.4 Å². The summed E-state index contributed by atoms with van der Waals surface area (Å²) in [7, 11) is -42.2. The van der Waals surface area contributed by atoms with Gasteiger partial charge in [0.05, 0.1) is 19.8 Å². The molecular weight excluding hydrogens is 1520 g/mol. The second-order valence-electron chi connectivity index (χ2n) is 19.4. The van der Waals surface area contributed by atoms with Crippen LogP contribution < -0.4 is 0 Å². The maximum atomic E-state index is 13.3. The van der Waals surface area contributed by atoms with Gasteiger partial charge >= 0.3 is 95.1 Å². The average molecular weight is 1580 g/mol. The fraction of sp³-hybridized carbons (Fsp3) is 0.944. The van der Waals surface area contributed by atoms with E-state index >= 15 is 0 Å². The molecule has 0 aromatic carbocycles. The maximum Gasteiger partial charge on any atom is 0.397 e. The first-order valence-corrected chi connectivity index (χ1v) is 36.1. The Balaban J connectivity index is 1.64. The molecule has 11 N–H and O–H groups in total. The maximum absolute atomic E-state index is 13.3. The average Bonchev–Trinajstić information content (AvgIpc) is 0.763. The van der Waals surface area contributed by atoms with Gasteiger partial charge < -0.3 is 86.4 Å². The Labute approximate surface area is 542 Å². The Morgan fingerprint density at radius 1 is 0.292 bits per heavy atom. The lowest BCUT2D eigenvalue weighted by molar-refractivity contribution is -0.387. The van der Waals surface area contributed by atoms with Gasteiger partial charge in [-0.2, -0.15) is 67.3 Å². The highest BCUT2D eigenvalue weighted by Gasteiger charge is 2.63. The van der Waals surface area contributed by atoms with Gasteiger partial charge in [-0.15, -0.1) is 0 Å². The molecule has 5 rings (SSSR count). The van der Waals surface area contributed by atoms with Gasteiger partial charge in [-0.05, 0) is 0 Å². The van der Waals surface area contributed by atoms with Gasteiger partial charge in [-0.3, -0.25) is 36.4 Å². The molecule has 0 spiro atoms. The van der Waals surface area contributed by atoms with E-state index in [9.17, 15) is 129 Å². The van der Waals surface area contributed by atoms with Crippen LogP contribution in [0.1, 0.15) is 0 Å². The molecule has 52 nitrogen and oxygen atoms in total. The highest BCUT2D eigenvalue weighted by Crippen LogP contribution is 2.41. The Kier molecular flexibility index (Phi) is 29.0. The summed E-state index contributed by atoms with van der Waals surface area (Å²) in [6.45, 7) is -4.74. The van der Waals surface area contributed by atoms with Crippen LogP contribution in [0.3, 0.4) is 0 Å². The number of hydrogen-bond donors (Lipinski definition) is 11. The Hall–Kier alpha value is -2.74. The van der Waals surface area contributed by atoms with E-state index in [0.717, 1.165) is 28.4 Å². The molecule has 0 aromatic rings. The SMILES string of the molecule is CO[C@@H]1[C@@H](OC)[C@H](O[C@H]2[C@H](OS(=O)(=O)O)[C@@H](OS(=O)(=O)O)[C@@H](O[C@H]3[C@H](OC)[C@@H](OC)[C@H](O[C@H]4[C@H](OS(=O)(=O)O)[C@@H](OS(=O)(=O)O)[C@@H](O)O[C@@H]4COS(=O)(=O)O)O[C@H]3C(=O)O)O[C@@H]2COS(=O)(=O)O)O[C@H](C(=O)O)[C@H]1O[C@H]1O[C@H](COS(=O)(=O)O)[C@@H](OC)[C@H](OC)[C@H]1OS(=O)(=O)O. The molecule has 5 aliphatic heterocycles. The predicted molar refractivity (Wildman–Crippen MR) is 280 cm³/mol. The van der Waals surface area contributed by atoms with Crippen molar-refractivity contribution in [2.24, 2.45) is 0 Å². The third-order valence-corrected chi connectivity index (χ3v) is 17.0. The molecule has 5 heterocycles. The summed E-state index contributed by atoms with van der Waals surface area (Å²) in [5.41, 5.74) is 0. The summed E-state index contributed by atoms with van der Waals surface area (Å²) in [4.78, 5) is 26.5. The molecule has 0 aromatic heterocycles. The lowest BCUT2D eigenvalue weighted by atomic mass is 9.94. The molecule has 25 atom stereocenters. The Morgan fingerprint density at radius 3 is 0.823 bits per heavy atom. The number of rotatable bonds is 35. The fourth-order valence-electron chi connectivity index (χ4n) is 10.0. The summed E-state index contributed by atoms with van der Waals surface area (Å²) in [5, 5.41) is 32.0. The summed E-state index contributed by atoms with van der Waals surface area (Å²) in [6.07, 6.45) is -64.7. The van der Waals surface area contributed by atoms with E-state index in [1.54, 1.807) is 0 Å². The first-order valence-electron chi connectivity index (χ1n) is 25.2. The standard InChI is InChI=1S/C36H60O52S8/c1-66-13-10(7-72-89(42,43)44)76-35(28(16(13)67-2)87-95(60,61)62)80-19-17(68-3)27(71-6)34(83-23(19)30(37)38)79-15-12(9-74-91(48,49)50)77-36(29(88-96(63,64)65)22(15)85-93(54,55)56)81-20-18(69-4)26(70-5)33(82-24(20)31(39)40)78-14-11(8-73-90(45,46)47)75-32(41)25(86-94(57,58)59)21(14)84-92(51,52)53/h10-29,32-36,41H,7-9H2,1-6H3,(H,37,38)(H,39,40)(H,42,43,44)(H,45,46,47)(H,48,49,50)(H,51,52,53)(H,54,55,56)(H,57,58,59)(H,60,61,62)(H,63,64,65)/t10-,11-,12-,13-,14-,15-,16+,17+,18+,19+,20+,21+,22+,23+,24-,25-,26-,27-,28-,29-,32+,33-,34-,35-,36-/m1/s1. The van der Waals surface area contributed by atoms with Crippen molar-refractivity contribution in [3.8, 4) is 0 Å². The molecule has 0 amide bonds. The molecular formula is C36H60O52S8. The van der Waals surface area contributed by atoms with Crippen LogP contribution in [0, 0.1) is 0 Å². The molecule has 5 saturated heterocycles. The van der Waals surface area contributed by atoms with Crippen molar-refractivity contribution in [3.05, 3.63) is 0 Å². The number of aliphatic hydroxyl groups is 1. The molecule has 0 radical (unpaired) electrons. The van der Waals surface area contributed by atoms with Gasteiger partial charge in [0.15, 0.2) is 62.0 Å². The quantitative estimate of drug-likeness (QED) is 0.0263. The summed E-state index contributed by atoms with van der Waals surface area (Å²) >= 11 is 0. The van der Waals surface area contributed by atoms with Gasteiger partial charge in [-0.25, -0.2) is 43.1 Å². The van der Waals surface area contributed by atoms with Crippen LogP contribution in [0.25, 0.3) is 0 Å². The largest absolute Gasteiger partial charge is 0.479 e. The van der Waals surface area contributed by atoms with Gasteiger partial charge in [0.25, 0.3) is 0 Å². The van der Waals surface area contributed by atoms with Crippen LogP contribution >= 0.6 is 0 Å². The Morgan fingerprint density at radius 2 is 0.531 bits per heavy atom. The number of carboxylic acids is 2. The molecule has 5 aliphatic rings. The zero-order valence-corrected chi connectivity index (χ0v) is 55.0. The van der Waals surface area contributed by atoms with Crippen LogP contribution in [0.2, 0.25) is 0 Å². The fourth-order valence-corrected chi connectivity index (χ4v) is 13.4. The van der Waals surface area contributed by atoms with Gasteiger partial charge in [-0.1, -0.05) is 0 Å². The van der Waals surface area contributed by atoms with Crippen molar-refractivity contribution < 1.29 is 233 Å². The van der Waals surface area contributed by atoms with Crippen molar-refractivity contribution in [1.82, 2.24) is 0 Å². The number of methoxy groups -OCH3 is 6. The van der Waals surface area contributed by atoms with E-state index in [-0.39, 0.29) is 0 Å². The highest BCUT2D eigenvalue weighted by atomic mass is 32.3. The summed E-state index contributed by atoms with van der Waals surface area (Å²) in [5.74, 6) is -4.51. The minimum Gasteiger partial charge on any atom is -0.479 e. The number of hydrogen-bond acceptors (Lipinski definition) is 42. The number of carbonyl (C=O) groups is 2. The minimum absolute atomic E-state index is 0.659. The van der Waals surface area contributed by atoms with Crippen LogP contribution in [0.4, 0.5) is 0 Å². The number of aliphatic carboxylic acids is 2. The van der Waals surface area contributed by atoms with E-state index in [1.165, 1.54) is 0 Å². The van der Waals surface area contributed by atoms with Crippen LogP contribution in [-0.2, 0) is 197 Å². The topological polar surface area (TPSA) is 742 Å². The third kappa shape index (κ3) is 23.9. The van der Waals surface area contributed by atoms with Gasteiger partial charge in [0, 0.05) is 42.7 Å². The first kappa shape index (κ1) is 83.9. The second-order valence-corrected chi connectivity index (χ2v) is 27.9. The first-order chi connectivity index (χ1) is 43.9. The number of ether oxygens (including phenoxy) is 15. The van der Waals surface area contributed by atoms with E-state index in [2.05, 4.69) is 25.1 Å². The van der Waals surface area contributed by atoms with Crippen LogP contribution in [0.15, 0.2) is 0 Å². The molecule has 0 unspecified atom stereocenters. The van der Waals surface area contributed by atoms with E-state index in [1.807, 2.05) is 0 Å². The monoisotopic (exact) mass is 1580 g/mol. The van der Waals surface area contributed by atoms with Crippen molar-refractivity contribution in [2.75, 3.05) is 62.5 Å². The zero-order chi connectivity index (χ0) is 73.0. The molecule has 0 aliphatic carbocycles. The highest BCUT2D eigenvalue weighted by molar-refractivity contribution is 7.82. The molecule has 0 bridgehead atoms. The number of aliphatic hydroxyl groups excluding tert-OH is 1. The Bertz CT molecular complexity index is 3570. The molecule has 60 heteroatoms. The van der Waals surface area contributed by atoms with Gasteiger partial charge in [0.2, 0.25) is 0 Å². The van der Waals surface area contributed by atoms with E-state index < -0.39 is 268 Å². The van der Waals surface area contributed by atoms with Gasteiger partial charge in [0.1, 0.15) is 91.6 Å². The molecule has 564 valence electrons. The van der Waals surface area contributed by atoms with Crippen molar-refractivity contribution in [1.29, 1.82) is 0 Å². The normalized spacial score (nSPS) is 37.3. The molecule has 96 heavy (non-hydrogen) atoms. The minimum atomic E-state index is -6.28. The van der Waals surface area contributed by atoms with Crippen molar-refractivity contribution in [3.63, 3.8) is 0 Å². The van der Waals surface area contributed by atoms with Crippen LogP contribution in [-0.4, -0.2) is 347 Å². The lowest BCUT2D eigenvalue weighted by Gasteiger charge is -2.51. The molecule has 5 fully saturated rings. The molecule has 0 saturated carbocycles. The summed E-state index contributed by atoms with van der Waals surface area (Å²) < 4.78 is 391. The van der Waals surface area contributed by atoms with E-state index in [0.29, 0.717) is 14.2 Å². The van der Waals surface area contributed by atoms with Crippen molar-refractivity contribution >= 4 is 95.1 Å². The third-order valence-electron chi connectivity index (χ3n) is 13.4. The zero-order valence-electron chi connectivity index (χ0n) is 48.5. The number of carboxylic acid groups (broad SMARTS) is 2. The lowest BCUT2D eigenvalue weighted by Crippen LogP contribution is -2.70. The van der Waals surface area contributed by atoms with Crippen LogP contribution in [0.5, 0.6) is 0 Å². The predicted octanol–water partition coefficient (Wildman–Crippen LogP) is -9.20. The second kappa shape index (κ2) is 33.1. The summed E-state index contributed by atoms with van der Waals surface area (Å²) in [6, 6.07) is 0. The van der Waals surface area contributed by atoms with Crippen molar-refractivity contribution in [2.45, 2.75) is 154 Å².